The Balaban J connectivity index is -0.00000000167. The Kier molecular flexibility index (Phi) is 752. The maximum atomic E-state index is 7.00. The molecular formula is CH8NNaO2. The summed E-state index contributed by atoms with van der Waals surface area (Å²) in [6.45, 7) is 0. The Morgan fingerprint density at radius 1 is 1.20 bits per heavy atom. The van der Waals surface area contributed by atoms with Gasteiger partial charge in [-0.2, -0.15) is 0 Å². The molecule has 0 unspecified atom stereocenters. The van der Waals surface area contributed by atoms with Gasteiger partial charge in [0.25, 0.3) is 0 Å². The second-order valence-electron chi connectivity index (χ2n) is 0. The predicted molar refractivity (Wildman–Crippen MR) is 15.1 cm³/mol. The Labute approximate surface area is 53.6 Å². The minimum Gasteiger partial charge on any atom is -0.870 e. The molecule has 5 heavy (non-hydrogen) atoms. The standard InChI is InChI=1S/CH4O.H3N.Na.H2O/c1-2;;;/h2H,1H3;1H3;;1H2/q;;+1;/p-1. The van der Waals surface area contributed by atoms with E-state index < -0.39 is 0 Å². The molecular weight excluding hydrogens is 81.0 g/mol. The number of hydrogen-bond donors (Lipinski definition) is 2. The average molecular weight is 89.1 g/mol. The van der Waals surface area contributed by atoms with Crippen LogP contribution in [-0.2, 0) is 0 Å². The topological polar surface area (TPSA) is 85.2 Å². The van der Waals surface area contributed by atoms with Gasteiger partial charge in [0, 0.05) is 7.11 Å². The molecule has 0 saturated carbocycles. The minimum absolute atomic E-state index is 0. The molecule has 0 heterocycles. The first kappa shape index (κ1) is 39.6. The molecule has 0 amide bonds. The van der Waals surface area contributed by atoms with E-state index in [4.69, 9.17) is 5.11 Å². The van der Waals surface area contributed by atoms with Gasteiger partial charge in [0.05, 0.1) is 0 Å². The summed E-state index contributed by atoms with van der Waals surface area (Å²) in [5.41, 5.74) is 0. The van der Waals surface area contributed by atoms with Crippen LogP contribution in [0.3, 0.4) is 0 Å². The Morgan fingerprint density at radius 2 is 1.20 bits per heavy atom. The monoisotopic (exact) mass is 89.0 g/mol. The van der Waals surface area contributed by atoms with Crippen LogP contribution in [0.1, 0.15) is 0 Å². The maximum Gasteiger partial charge on any atom is 1.00 e. The fraction of sp³-hybridized carbons (Fsp3) is 1.00. The molecule has 30 valence electrons. The Bertz CT molecular complexity index is 9.61. The zero-order chi connectivity index (χ0) is 2.00. The van der Waals surface area contributed by atoms with Gasteiger partial charge >= 0.3 is 29.6 Å². The first-order valence-corrected chi connectivity index (χ1v) is 0.447. The van der Waals surface area contributed by atoms with Crippen LogP contribution in [0.15, 0.2) is 0 Å². The molecule has 0 atom stereocenters. The number of aliphatic hydroxyl groups is 1. The van der Waals surface area contributed by atoms with E-state index in [0.29, 0.717) is 0 Å². The molecule has 0 bridgehead atoms. The van der Waals surface area contributed by atoms with Crippen molar-refractivity contribution in [1.29, 1.82) is 0 Å². The molecule has 0 aliphatic heterocycles. The van der Waals surface area contributed by atoms with Crippen molar-refractivity contribution in [3.8, 4) is 0 Å². The van der Waals surface area contributed by atoms with Crippen molar-refractivity contribution < 1.29 is 40.1 Å². The van der Waals surface area contributed by atoms with Gasteiger partial charge in [-0.3, -0.25) is 0 Å². The summed E-state index contributed by atoms with van der Waals surface area (Å²) in [5, 5.41) is 7.00. The molecule has 4 heteroatoms. The van der Waals surface area contributed by atoms with Gasteiger partial charge in [-0.05, 0) is 0 Å². The zero-order valence-corrected chi connectivity index (χ0v) is 5.60. The smallest absolute Gasteiger partial charge is 0.870 e. The third-order valence-electron chi connectivity index (χ3n) is 0. The van der Waals surface area contributed by atoms with Crippen LogP contribution in [0.25, 0.3) is 0 Å². The van der Waals surface area contributed by atoms with Crippen molar-refractivity contribution in [1.82, 2.24) is 6.15 Å². The van der Waals surface area contributed by atoms with Crippen LogP contribution in [0.2, 0.25) is 0 Å². The fourth-order valence-electron chi connectivity index (χ4n) is 0. The van der Waals surface area contributed by atoms with Crippen molar-refractivity contribution >= 4 is 0 Å². The van der Waals surface area contributed by atoms with Crippen LogP contribution in [0, 0.1) is 0 Å². The van der Waals surface area contributed by atoms with Gasteiger partial charge in [-0.1, -0.05) is 0 Å². The van der Waals surface area contributed by atoms with Crippen molar-refractivity contribution in [2.45, 2.75) is 0 Å². The van der Waals surface area contributed by atoms with E-state index in [-0.39, 0.29) is 41.2 Å². The minimum atomic E-state index is 0. The van der Waals surface area contributed by atoms with Crippen LogP contribution in [0.4, 0.5) is 0 Å². The van der Waals surface area contributed by atoms with Crippen molar-refractivity contribution in [3.63, 3.8) is 0 Å². The zero-order valence-electron chi connectivity index (χ0n) is 3.60. The van der Waals surface area contributed by atoms with E-state index >= 15 is 0 Å². The first-order valence-electron chi connectivity index (χ1n) is 0.447. The quantitative estimate of drug-likeness (QED) is 0.303. The van der Waals surface area contributed by atoms with Gasteiger partial charge in [0.1, 0.15) is 0 Å². The summed E-state index contributed by atoms with van der Waals surface area (Å²) in [5.74, 6) is 0. The molecule has 0 radical (unpaired) electrons. The van der Waals surface area contributed by atoms with E-state index in [1.165, 1.54) is 0 Å². The van der Waals surface area contributed by atoms with E-state index in [9.17, 15) is 0 Å². The summed E-state index contributed by atoms with van der Waals surface area (Å²) in [4.78, 5) is 0. The molecule has 0 rings (SSSR count). The van der Waals surface area contributed by atoms with E-state index in [0.717, 1.165) is 7.11 Å². The first-order chi connectivity index (χ1) is 1.00. The van der Waals surface area contributed by atoms with Gasteiger partial charge in [-0.25, -0.2) is 0 Å². The van der Waals surface area contributed by atoms with Gasteiger partial charge < -0.3 is 16.7 Å². The van der Waals surface area contributed by atoms with Crippen LogP contribution < -0.4 is 35.7 Å². The summed E-state index contributed by atoms with van der Waals surface area (Å²) in [6.07, 6.45) is 0. The number of aliphatic hydroxyl groups excluding tert-OH is 1. The van der Waals surface area contributed by atoms with Gasteiger partial charge in [0.15, 0.2) is 0 Å². The third kappa shape index (κ3) is 52.3. The van der Waals surface area contributed by atoms with Gasteiger partial charge in [0.2, 0.25) is 0 Å². The molecule has 0 fully saturated rings. The van der Waals surface area contributed by atoms with Crippen LogP contribution >= 0.6 is 0 Å². The molecule has 0 saturated heterocycles. The fourth-order valence-corrected chi connectivity index (χ4v) is 0. The Morgan fingerprint density at radius 3 is 1.20 bits per heavy atom. The molecule has 0 aliphatic rings. The van der Waals surface area contributed by atoms with Crippen LogP contribution in [-0.4, -0.2) is 17.7 Å². The van der Waals surface area contributed by atoms with Crippen molar-refractivity contribution in [2.24, 2.45) is 0 Å². The van der Waals surface area contributed by atoms with E-state index in [1.807, 2.05) is 0 Å². The molecule has 3 nitrogen and oxygen atoms in total. The summed E-state index contributed by atoms with van der Waals surface area (Å²) in [6, 6.07) is 0. The molecule has 0 aromatic rings. The average Bonchev–Trinajstić information content (AvgIpc) is 1.00. The molecule has 0 spiro atoms. The summed E-state index contributed by atoms with van der Waals surface area (Å²) < 4.78 is 0. The normalized spacial score (nSPS) is 1.20. The number of hydrogen-bond acceptors (Lipinski definition) is 3. The maximum absolute atomic E-state index is 7.00. The van der Waals surface area contributed by atoms with Crippen LogP contribution in [0.5, 0.6) is 0 Å². The molecule has 5 N–H and O–H groups in total. The largest absolute Gasteiger partial charge is 1.00 e. The number of rotatable bonds is 0. The predicted octanol–water partition coefficient (Wildman–Crippen LogP) is -3.40. The second-order valence-corrected chi connectivity index (χ2v) is 0. The Hall–Kier alpha value is 0.880. The van der Waals surface area contributed by atoms with Crippen molar-refractivity contribution in [2.75, 3.05) is 7.11 Å². The molecule has 0 aromatic carbocycles. The second kappa shape index (κ2) is 94.9. The SMILES string of the molecule is CO.N.[Na+].[OH-]. The van der Waals surface area contributed by atoms with E-state index in [1.54, 1.807) is 0 Å². The third-order valence-corrected chi connectivity index (χ3v) is 0. The van der Waals surface area contributed by atoms with Gasteiger partial charge in [-0.15, -0.1) is 0 Å². The summed E-state index contributed by atoms with van der Waals surface area (Å²) >= 11 is 0. The summed E-state index contributed by atoms with van der Waals surface area (Å²) in [7, 11) is 1.00. The van der Waals surface area contributed by atoms with Crippen molar-refractivity contribution in [3.05, 3.63) is 0 Å². The van der Waals surface area contributed by atoms with E-state index in [2.05, 4.69) is 0 Å². The molecule has 0 aromatic heterocycles. The molecule has 0 aliphatic carbocycles.